The summed E-state index contributed by atoms with van der Waals surface area (Å²) in [5, 5.41) is 0. The Morgan fingerprint density at radius 1 is 0.720 bits per heavy atom. The minimum Gasteiger partial charge on any atom is -0.475 e. The van der Waals surface area contributed by atoms with E-state index in [9.17, 15) is 0 Å². The van der Waals surface area contributed by atoms with E-state index in [1.165, 1.54) is 0 Å². The van der Waals surface area contributed by atoms with Crippen molar-refractivity contribution in [1.82, 2.24) is 4.98 Å². The molecule has 0 aliphatic rings. The number of pyridine rings is 1. The molecule has 1 aromatic rings. The second kappa shape index (κ2) is 16.7. The van der Waals surface area contributed by atoms with E-state index < -0.39 is 0 Å². The smallest absolute Gasteiger partial charge is 0.213 e. The van der Waals surface area contributed by atoms with Crippen molar-refractivity contribution in [3.63, 3.8) is 0 Å². The summed E-state index contributed by atoms with van der Waals surface area (Å²) in [4.78, 5) is 4.11. The molecule has 0 radical (unpaired) electrons. The number of aromatic nitrogens is 1. The van der Waals surface area contributed by atoms with Crippen molar-refractivity contribution in [2.45, 2.75) is 6.92 Å². The second-order valence-corrected chi connectivity index (χ2v) is 5.73. The first-order valence-electron chi connectivity index (χ1n) is 8.46. The Labute approximate surface area is 158 Å². The van der Waals surface area contributed by atoms with Crippen molar-refractivity contribution in [1.29, 1.82) is 0 Å². The van der Waals surface area contributed by atoms with Crippen LogP contribution in [-0.2, 0) is 23.7 Å². The first-order valence-corrected chi connectivity index (χ1v) is 9.25. The first kappa shape index (κ1) is 22.3. The highest BCUT2D eigenvalue weighted by Gasteiger charge is 1.96. The summed E-state index contributed by atoms with van der Waals surface area (Å²) in [7, 11) is 0. The van der Waals surface area contributed by atoms with Crippen LogP contribution in [0.3, 0.4) is 0 Å². The lowest BCUT2D eigenvalue weighted by Gasteiger charge is -2.08. The van der Waals surface area contributed by atoms with Crippen LogP contribution in [0.1, 0.15) is 6.92 Å². The van der Waals surface area contributed by atoms with Gasteiger partial charge in [-0.05, 0) is 28.9 Å². The molecular formula is C17H28BrNO6. The molecule has 0 atom stereocenters. The molecule has 1 heterocycles. The minimum atomic E-state index is 0.459. The van der Waals surface area contributed by atoms with Gasteiger partial charge in [-0.25, -0.2) is 4.98 Å². The maximum Gasteiger partial charge on any atom is 0.213 e. The Hall–Kier alpha value is -0.770. The molecule has 0 fully saturated rings. The van der Waals surface area contributed by atoms with Gasteiger partial charge in [-0.1, -0.05) is 0 Å². The first-order chi connectivity index (χ1) is 12.3. The zero-order valence-electron chi connectivity index (χ0n) is 14.8. The van der Waals surface area contributed by atoms with Crippen molar-refractivity contribution in [3.05, 3.63) is 22.8 Å². The highest BCUT2D eigenvalue weighted by Crippen LogP contribution is 2.11. The number of halogens is 1. The molecule has 0 saturated heterocycles. The number of ether oxygens (including phenoxy) is 6. The topological polar surface area (TPSA) is 68.3 Å². The summed E-state index contributed by atoms with van der Waals surface area (Å²) in [5.74, 6) is 0.585. The molecule has 0 amide bonds. The van der Waals surface area contributed by atoms with Crippen LogP contribution in [0.4, 0.5) is 0 Å². The third-order valence-electron chi connectivity index (χ3n) is 2.87. The van der Waals surface area contributed by atoms with Crippen LogP contribution in [0.25, 0.3) is 0 Å². The molecule has 25 heavy (non-hydrogen) atoms. The van der Waals surface area contributed by atoms with Crippen molar-refractivity contribution >= 4 is 15.9 Å². The Morgan fingerprint density at radius 2 is 1.20 bits per heavy atom. The summed E-state index contributed by atoms with van der Waals surface area (Å²) < 4.78 is 33.0. The molecular weight excluding hydrogens is 394 g/mol. The predicted octanol–water partition coefficient (Wildman–Crippen LogP) is 2.33. The molecule has 8 heteroatoms. The molecule has 0 aliphatic heterocycles. The van der Waals surface area contributed by atoms with Gasteiger partial charge >= 0.3 is 0 Å². The molecule has 1 aromatic heterocycles. The average molecular weight is 422 g/mol. The molecule has 0 spiro atoms. The van der Waals surface area contributed by atoms with Gasteiger partial charge in [-0.3, -0.25) is 0 Å². The van der Waals surface area contributed by atoms with Gasteiger partial charge in [0.25, 0.3) is 0 Å². The largest absolute Gasteiger partial charge is 0.475 e. The molecule has 0 bridgehead atoms. The van der Waals surface area contributed by atoms with E-state index in [4.69, 9.17) is 28.4 Å². The highest BCUT2D eigenvalue weighted by atomic mass is 79.9. The SMILES string of the molecule is CCOCCOCCOCCOCCOCCOc1ccc(Br)cn1. The summed E-state index contributed by atoms with van der Waals surface area (Å²) >= 11 is 3.32. The molecule has 7 nitrogen and oxygen atoms in total. The van der Waals surface area contributed by atoms with Crippen LogP contribution < -0.4 is 4.74 Å². The Bertz CT molecular complexity index is 407. The third kappa shape index (κ3) is 14.1. The van der Waals surface area contributed by atoms with Gasteiger partial charge in [0.2, 0.25) is 5.88 Å². The van der Waals surface area contributed by atoms with Crippen LogP contribution in [0, 0.1) is 0 Å². The van der Waals surface area contributed by atoms with E-state index in [1.807, 2.05) is 13.0 Å². The second-order valence-electron chi connectivity index (χ2n) is 4.81. The van der Waals surface area contributed by atoms with Gasteiger partial charge < -0.3 is 28.4 Å². The van der Waals surface area contributed by atoms with Gasteiger partial charge in [0, 0.05) is 23.3 Å². The third-order valence-corrected chi connectivity index (χ3v) is 3.34. The van der Waals surface area contributed by atoms with Crippen molar-refractivity contribution in [2.75, 3.05) is 72.7 Å². The maximum absolute atomic E-state index is 5.44. The zero-order chi connectivity index (χ0) is 18.0. The molecule has 0 aromatic carbocycles. The lowest BCUT2D eigenvalue weighted by atomic mass is 10.5. The summed E-state index contributed by atoms with van der Waals surface area (Å²) in [5.41, 5.74) is 0. The van der Waals surface area contributed by atoms with Crippen LogP contribution in [-0.4, -0.2) is 77.7 Å². The van der Waals surface area contributed by atoms with E-state index in [-0.39, 0.29) is 0 Å². The van der Waals surface area contributed by atoms with Crippen molar-refractivity contribution < 1.29 is 28.4 Å². The van der Waals surface area contributed by atoms with Crippen LogP contribution >= 0.6 is 15.9 Å². The van der Waals surface area contributed by atoms with Gasteiger partial charge in [-0.15, -0.1) is 0 Å². The van der Waals surface area contributed by atoms with E-state index in [1.54, 1.807) is 12.3 Å². The van der Waals surface area contributed by atoms with Gasteiger partial charge in [-0.2, -0.15) is 0 Å². The fourth-order valence-electron chi connectivity index (χ4n) is 1.68. The monoisotopic (exact) mass is 421 g/mol. The number of nitrogens with zero attached hydrogens (tertiary/aromatic N) is 1. The molecule has 1 rings (SSSR count). The lowest BCUT2D eigenvalue weighted by molar-refractivity contribution is -0.0120. The predicted molar refractivity (Wildman–Crippen MR) is 97.2 cm³/mol. The fraction of sp³-hybridized carbons (Fsp3) is 0.706. The van der Waals surface area contributed by atoms with Gasteiger partial charge in [0.15, 0.2) is 0 Å². The Morgan fingerprint density at radius 3 is 1.64 bits per heavy atom. The van der Waals surface area contributed by atoms with Crippen LogP contribution in [0.2, 0.25) is 0 Å². The zero-order valence-corrected chi connectivity index (χ0v) is 16.4. The number of rotatable bonds is 17. The highest BCUT2D eigenvalue weighted by molar-refractivity contribution is 9.10. The Kier molecular flexibility index (Phi) is 14.9. The normalized spacial score (nSPS) is 11.0. The van der Waals surface area contributed by atoms with E-state index in [0.29, 0.717) is 71.9 Å². The van der Waals surface area contributed by atoms with E-state index in [0.717, 1.165) is 11.1 Å². The van der Waals surface area contributed by atoms with Crippen LogP contribution in [0.15, 0.2) is 22.8 Å². The molecule has 0 N–H and O–H groups in total. The van der Waals surface area contributed by atoms with E-state index >= 15 is 0 Å². The number of hydrogen-bond donors (Lipinski definition) is 0. The maximum atomic E-state index is 5.44. The van der Waals surface area contributed by atoms with Crippen LogP contribution in [0.5, 0.6) is 5.88 Å². The fourth-order valence-corrected chi connectivity index (χ4v) is 1.91. The minimum absolute atomic E-state index is 0.459. The summed E-state index contributed by atoms with van der Waals surface area (Å²) in [6, 6.07) is 3.68. The average Bonchev–Trinajstić information content (AvgIpc) is 2.63. The molecule has 0 saturated carbocycles. The molecule has 0 aliphatic carbocycles. The lowest BCUT2D eigenvalue weighted by Crippen LogP contribution is -2.14. The quantitative estimate of drug-likeness (QED) is 0.357. The molecule has 0 unspecified atom stereocenters. The van der Waals surface area contributed by atoms with Crippen molar-refractivity contribution in [2.24, 2.45) is 0 Å². The summed E-state index contributed by atoms with van der Waals surface area (Å²) in [6.07, 6.45) is 1.69. The summed E-state index contributed by atoms with van der Waals surface area (Å²) in [6.45, 7) is 8.16. The van der Waals surface area contributed by atoms with Gasteiger partial charge in [0.1, 0.15) is 6.61 Å². The Balaban J connectivity index is 1.74. The van der Waals surface area contributed by atoms with Gasteiger partial charge in [0.05, 0.1) is 59.5 Å². The number of hydrogen-bond acceptors (Lipinski definition) is 7. The van der Waals surface area contributed by atoms with E-state index in [2.05, 4.69) is 20.9 Å². The van der Waals surface area contributed by atoms with Crippen molar-refractivity contribution in [3.8, 4) is 5.88 Å². The standard InChI is InChI=1S/C17H28BrNO6/c1-2-20-5-6-21-7-8-22-9-10-23-11-12-24-13-14-25-17-4-3-16(18)15-19-17/h3-4,15H,2,5-14H2,1H3. The molecule has 144 valence electrons.